The summed E-state index contributed by atoms with van der Waals surface area (Å²) in [4.78, 5) is 31.8. The van der Waals surface area contributed by atoms with Gasteiger partial charge in [0.15, 0.2) is 6.11 Å². The number of hydrogen-bond acceptors (Lipinski definition) is 6. The molecule has 0 fully saturated rings. The molecule has 0 aliphatic rings. The van der Waals surface area contributed by atoms with E-state index in [1.165, 1.54) is 6.92 Å². The molecule has 0 aliphatic heterocycles. The first-order valence-corrected chi connectivity index (χ1v) is 7.61. The van der Waals surface area contributed by atoms with Crippen molar-refractivity contribution in [2.45, 2.75) is 53.9 Å². The summed E-state index contributed by atoms with van der Waals surface area (Å²) in [6.45, 7) is 9.87. The minimum absolute atomic E-state index is 0.147. The van der Waals surface area contributed by atoms with E-state index in [0.29, 0.717) is 19.4 Å². The van der Waals surface area contributed by atoms with Gasteiger partial charge in [-0.15, -0.1) is 0 Å². The molecule has 0 rings (SSSR count). The van der Waals surface area contributed by atoms with Gasteiger partial charge >= 0.3 is 11.9 Å². The zero-order chi connectivity index (χ0) is 17.9. The fraction of sp³-hybridized carbons (Fsp3) is 0.765. The van der Waals surface area contributed by atoms with Crippen LogP contribution in [0.3, 0.4) is 0 Å². The maximum absolute atomic E-state index is 11.8. The number of esters is 2. The van der Waals surface area contributed by atoms with Gasteiger partial charge in [0.25, 0.3) is 0 Å². The van der Waals surface area contributed by atoms with Crippen LogP contribution in [0.2, 0.25) is 0 Å². The van der Waals surface area contributed by atoms with Crippen LogP contribution in [-0.2, 0) is 28.8 Å². The van der Waals surface area contributed by atoms with Crippen LogP contribution >= 0.6 is 0 Å². The van der Waals surface area contributed by atoms with Gasteiger partial charge in [-0.2, -0.15) is 4.89 Å². The van der Waals surface area contributed by atoms with E-state index in [1.807, 2.05) is 33.8 Å². The predicted octanol–water partition coefficient (Wildman–Crippen LogP) is 2.85. The van der Waals surface area contributed by atoms with Crippen LogP contribution in [0, 0.1) is 23.4 Å². The summed E-state index contributed by atoms with van der Waals surface area (Å²) in [5.41, 5.74) is -0.549. The van der Waals surface area contributed by atoms with Crippen molar-refractivity contribution in [1.82, 2.24) is 0 Å². The predicted molar refractivity (Wildman–Crippen MR) is 84.9 cm³/mol. The smallest absolute Gasteiger partial charge is 0.305 e. The summed E-state index contributed by atoms with van der Waals surface area (Å²) >= 11 is 0. The fourth-order valence-electron chi connectivity index (χ4n) is 1.69. The second-order valence-corrected chi connectivity index (χ2v) is 7.09. The minimum Gasteiger partial charge on any atom is -0.465 e. The van der Waals surface area contributed by atoms with Crippen molar-refractivity contribution >= 4 is 11.9 Å². The van der Waals surface area contributed by atoms with E-state index in [2.05, 4.69) is 4.89 Å². The van der Waals surface area contributed by atoms with Crippen LogP contribution in [0.1, 0.15) is 53.9 Å². The van der Waals surface area contributed by atoms with Gasteiger partial charge in [0.05, 0.1) is 19.8 Å². The summed E-state index contributed by atoms with van der Waals surface area (Å²) < 4.78 is 10.2. The zero-order valence-electron chi connectivity index (χ0n) is 14.8. The van der Waals surface area contributed by atoms with Crippen molar-refractivity contribution in [3.8, 4) is 12.5 Å². The molecule has 0 saturated heterocycles. The molecule has 132 valence electrons. The van der Waals surface area contributed by atoms with Crippen LogP contribution in [-0.4, -0.2) is 31.8 Å². The zero-order valence-corrected chi connectivity index (χ0v) is 14.8. The van der Waals surface area contributed by atoms with E-state index in [1.54, 1.807) is 0 Å². The Morgan fingerprint density at radius 1 is 1.00 bits per heavy atom. The quantitative estimate of drug-likeness (QED) is 0.191. The van der Waals surface area contributed by atoms with Gasteiger partial charge in [-0.25, -0.2) is 0 Å². The molecule has 0 bridgehead atoms. The summed E-state index contributed by atoms with van der Waals surface area (Å²) in [7, 11) is 0. The van der Waals surface area contributed by atoms with E-state index in [-0.39, 0.29) is 30.6 Å². The topological polar surface area (TPSA) is 71.1 Å². The molecule has 0 amide bonds. The van der Waals surface area contributed by atoms with Crippen LogP contribution in [0.25, 0.3) is 0 Å². The molecule has 23 heavy (non-hydrogen) atoms. The monoisotopic (exact) mass is 328 g/mol. The largest absolute Gasteiger partial charge is 0.465 e. The Labute approximate surface area is 138 Å². The highest BCUT2D eigenvalue weighted by atomic mass is 17.2. The third kappa shape index (κ3) is 12.5. The molecule has 6 heteroatoms. The fourth-order valence-corrected chi connectivity index (χ4v) is 1.69. The lowest BCUT2D eigenvalue weighted by molar-refractivity contribution is -0.254. The summed E-state index contributed by atoms with van der Waals surface area (Å²) in [6.07, 6.45) is 8.62. The number of terminal acetylenes is 1. The number of carbonyl (C=O) groups excluding carboxylic acids is 2. The van der Waals surface area contributed by atoms with Gasteiger partial charge in [-0.05, 0) is 18.3 Å². The SMILES string of the molecule is C#COOCC(C)(C)CCCC(=O)OCC(C)(C)COC(C)=O. The molecule has 0 radical (unpaired) electrons. The first-order chi connectivity index (χ1) is 10.6. The number of hydrogen-bond donors (Lipinski definition) is 0. The molecule has 0 atom stereocenters. The minimum atomic E-state index is -0.402. The molecule has 0 aromatic carbocycles. The molecule has 0 spiro atoms. The van der Waals surface area contributed by atoms with Crippen LogP contribution in [0.5, 0.6) is 0 Å². The van der Waals surface area contributed by atoms with E-state index < -0.39 is 5.41 Å². The maximum atomic E-state index is 11.8. The summed E-state index contributed by atoms with van der Waals surface area (Å²) in [6, 6.07) is 0. The first kappa shape index (κ1) is 21.3. The van der Waals surface area contributed by atoms with E-state index in [4.69, 9.17) is 20.8 Å². The summed E-state index contributed by atoms with van der Waals surface area (Å²) in [5.74, 6) is -0.611. The number of rotatable bonds is 11. The van der Waals surface area contributed by atoms with Crippen molar-refractivity contribution in [3.63, 3.8) is 0 Å². The standard InChI is InChI=1S/C17H28O6/c1-7-22-23-13-16(3,4)10-8-9-15(19)21-12-17(5,6)11-20-14(2)18/h1H,8-13H2,2-6H3. The highest BCUT2D eigenvalue weighted by Crippen LogP contribution is 2.24. The van der Waals surface area contributed by atoms with Crippen molar-refractivity contribution in [1.29, 1.82) is 0 Å². The van der Waals surface area contributed by atoms with Crippen LogP contribution in [0.15, 0.2) is 0 Å². The third-order valence-corrected chi connectivity index (χ3v) is 3.08. The number of ether oxygens (including phenoxy) is 2. The van der Waals surface area contributed by atoms with Crippen LogP contribution in [0.4, 0.5) is 0 Å². The third-order valence-electron chi connectivity index (χ3n) is 3.08. The average molecular weight is 328 g/mol. The van der Waals surface area contributed by atoms with Gasteiger partial charge in [0.1, 0.15) is 0 Å². The Balaban J connectivity index is 3.94. The lowest BCUT2D eigenvalue weighted by atomic mass is 9.88. The Bertz CT molecular complexity index is 419. The van der Waals surface area contributed by atoms with Crippen molar-refractivity contribution in [2.24, 2.45) is 10.8 Å². The van der Waals surface area contributed by atoms with Gasteiger partial charge < -0.3 is 9.47 Å². The first-order valence-electron chi connectivity index (χ1n) is 7.61. The van der Waals surface area contributed by atoms with E-state index in [9.17, 15) is 9.59 Å². The molecule has 0 unspecified atom stereocenters. The molecule has 0 aromatic rings. The van der Waals surface area contributed by atoms with Gasteiger partial charge in [0, 0.05) is 18.8 Å². The van der Waals surface area contributed by atoms with Gasteiger partial charge in [-0.3, -0.25) is 14.5 Å². The molecular formula is C17H28O6. The average Bonchev–Trinajstić information content (AvgIpc) is 2.43. The molecule has 6 nitrogen and oxygen atoms in total. The Morgan fingerprint density at radius 2 is 1.61 bits per heavy atom. The maximum Gasteiger partial charge on any atom is 0.305 e. The lowest BCUT2D eigenvalue weighted by Gasteiger charge is -2.24. The highest BCUT2D eigenvalue weighted by molar-refractivity contribution is 5.69. The second-order valence-electron chi connectivity index (χ2n) is 7.09. The molecule has 0 aromatic heterocycles. The molecular weight excluding hydrogens is 300 g/mol. The van der Waals surface area contributed by atoms with Gasteiger partial charge in [0.2, 0.25) is 0 Å². The molecule has 0 aliphatic carbocycles. The normalized spacial score (nSPS) is 11.5. The Hall–Kier alpha value is -1.74. The lowest BCUT2D eigenvalue weighted by Crippen LogP contribution is -2.28. The van der Waals surface area contributed by atoms with Crippen LogP contribution < -0.4 is 0 Å². The highest BCUT2D eigenvalue weighted by Gasteiger charge is 2.23. The van der Waals surface area contributed by atoms with Crippen molar-refractivity contribution < 1.29 is 28.8 Å². The number of carbonyl (C=O) groups is 2. The van der Waals surface area contributed by atoms with E-state index in [0.717, 1.165) is 6.42 Å². The van der Waals surface area contributed by atoms with Crippen molar-refractivity contribution in [2.75, 3.05) is 19.8 Å². The molecule has 0 N–H and O–H groups in total. The van der Waals surface area contributed by atoms with Gasteiger partial charge in [-0.1, -0.05) is 34.1 Å². The molecule has 0 saturated carbocycles. The van der Waals surface area contributed by atoms with E-state index >= 15 is 0 Å². The Kier molecular flexibility index (Phi) is 9.35. The second kappa shape index (κ2) is 10.1. The molecule has 0 heterocycles. The summed E-state index contributed by atoms with van der Waals surface area (Å²) in [5, 5.41) is 0. The van der Waals surface area contributed by atoms with Crippen molar-refractivity contribution in [3.05, 3.63) is 0 Å². The Morgan fingerprint density at radius 3 is 2.17 bits per heavy atom.